The molecule has 4 rings (SSSR count). The van der Waals surface area contributed by atoms with E-state index in [-0.39, 0.29) is 5.91 Å². The van der Waals surface area contributed by atoms with E-state index >= 15 is 0 Å². The topological polar surface area (TPSA) is 59.8 Å². The maximum absolute atomic E-state index is 12.4. The van der Waals surface area contributed by atoms with Crippen LogP contribution >= 0.6 is 0 Å². The number of benzene rings is 2. The molecule has 0 saturated heterocycles. The summed E-state index contributed by atoms with van der Waals surface area (Å²) in [5.41, 5.74) is 3.39. The number of carbonyl (C=O) groups excluding carboxylic acids is 1. The molecule has 0 unspecified atom stereocenters. The highest BCUT2D eigenvalue weighted by Crippen LogP contribution is 2.20. The molecule has 0 radical (unpaired) electrons. The highest BCUT2D eigenvalue weighted by atomic mass is 16.1. The van der Waals surface area contributed by atoms with E-state index in [0.717, 1.165) is 27.7 Å². The molecule has 2 aromatic carbocycles. The molecule has 0 aliphatic carbocycles. The third kappa shape index (κ3) is 2.96. The zero-order valence-electron chi connectivity index (χ0n) is 14.2. The number of fused-ring (bicyclic) bond motifs is 2. The lowest BCUT2D eigenvalue weighted by atomic mass is 10.0. The predicted molar refractivity (Wildman–Crippen MR) is 99.5 cm³/mol. The SMILES string of the molecule is Cc1nn(C)c2ncc(NC(=O)Cc3ccc4ccccc4c3)cc12. The minimum absolute atomic E-state index is 0.0574. The zero-order chi connectivity index (χ0) is 17.4. The van der Waals surface area contributed by atoms with Gasteiger partial charge in [0.1, 0.15) is 0 Å². The largest absolute Gasteiger partial charge is 0.324 e. The van der Waals surface area contributed by atoms with Crippen molar-refractivity contribution in [3.8, 4) is 0 Å². The van der Waals surface area contributed by atoms with Crippen molar-refractivity contribution in [2.75, 3.05) is 5.32 Å². The highest BCUT2D eigenvalue weighted by Gasteiger charge is 2.09. The summed E-state index contributed by atoms with van der Waals surface area (Å²) in [4.78, 5) is 16.8. The van der Waals surface area contributed by atoms with Crippen molar-refractivity contribution < 1.29 is 4.79 Å². The number of amides is 1. The van der Waals surface area contributed by atoms with Gasteiger partial charge >= 0.3 is 0 Å². The van der Waals surface area contributed by atoms with Crippen molar-refractivity contribution >= 4 is 33.4 Å². The molecule has 0 aliphatic heterocycles. The van der Waals surface area contributed by atoms with E-state index in [0.29, 0.717) is 12.1 Å². The molecule has 124 valence electrons. The maximum atomic E-state index is 12.4. The first-order valence-electron chi connectivity index (χ1n) is 8.17. The smallest absolute Gasteiger partial charge is 0.228 e. The molecule has 0 aliphatic rings. The molecule has 0 spiro atoms. The van der Waals surface area contributed by atoms with E-state index in [9.17, 15) is 4.79 Å². The third-order valence-corrected chi connectivity index (χ3v) is 4.33. The molecule has 0 saturated carbocycles. The second-order valence-electron chi connectivity index (χ2n) is 6.21. The average molecular weight is 330 g/mol. The Bertz CT molecular complexity index is 1100. The van der Waals surface area contributed by atoms with Gasteiger partial charge in [-0.25, -0.2) is 4.98 Å². The van der Waals surface area contributed by atoms with Gasteiger partial charge in [0.05, 0.1) is 24.0 Å². The minimum Gasteiger partial charge on any atom is -0.324 e. The van der Waals surface area contributed by atoms with Gasteiger partial charge in [0, 0.05) is 12.4 Å². The number of pyridine rings is 1. The number of hydrogen-bond donors (Lipinski definition) is 1. The molecule has 25 heavy (non-hydrogen) atoms. The quantitative estimate of drug-likeness (QED) is 0.624. The van der Waals surface area contributed by atoms with Crippen LogP contribution in [-0.2, 0) is 18.3 Å². The zero-order valence-corrected chi connectivity index (χ0v) is 14.2. The Morgan fingerprint density at radius 1 is 1.12 bits per heavy atom. The normalized spacial score (nSPS) is 11.1. The third-order valence-electron chi connectivity index (χ3n) is 4.33. The number of nitrogens with zero attached hydrogens (tertiary/aromatic N) is 3. The Morgan fingerprint density at radius 3 is 2.76 bits per heavy atom. The minimum atomic E-state index is -0.0574. The van der Waals surface area contributed by atoms with E-state index < -0.39 is 0 Å². The molecule has 0 atom stereocenters. The lowest BCUT2D eigenvalue weighted by Crippen LogP contribution is -2.14. The molecule has 5 heteroatoms. The summed E-state index contributed by atoms with van der Waals surface area (Å²) in [6.07, 6.45) is 2.00. The number of hydrogen-bond acceptors (Lipinski definition) is 3. The summed E-state index contributed by atoms with van der Waals surface area (Å²) < 4.78 is 1.74. The van der Waals surface area contributed by atoms with Gasteiger partial charge in [0.25, 0.3) is 0 Å². The maximum Gasteiger partial charge on any atom is 0.228 e. The van der Waals surface area contributed by atoms with E-state index in [1.807, 2.05) is 44.3 Å². The van der Waals surface area contributed by atoms with Gasteiger partial charge in [0.2, 0.25) is 5.91 Å². The van der Waals surface area contributed by atoms with E-state index in [1.165, 1.54) is 5.39 Å². The van der Waals surface area contributed by atoms with Crippen molar-refractivity contribution in [3.63, 3.8) is 0 Å². The first-order chi connectivity index (χ1) is 12.1. The van der Waals surface area contributed by atoms with Gasteiger partial charge in [-0.1, -0.05) is 42.5 Å². The van der Waals surface area contributed by atoms with Crippen LogP contribution in [0.2, 0.25) is 0 Å². The van der Waals surface area contributed by atoms with Crippen LogP contribution in [0, 0.1) is 6.92 Å². The van der Waals surface area contributed by atoms with Crippen molar-refractivity contribution in [1.82, 2.24) is 14.8 Å². The molecule has 5 nitrogen and oxygen atoms in total. The molecule has 1 N–H and O–H groups in total. The van der Waals surface area contributed by atoms with Crippen molar-refractivity contribution in [3.05, 3.63) is 66.0 Å². The molecule has 0 bridgehead atoms. The van der Waals surface area contributed by atoms with Crippen LogP contribution in [0.25, 0.3) is 21.8 Å². The van der Waals surface area contributed by atoms with Crippen LogP contribution in [0.4, 0.5) is 5.69 Å². The average Bonchev–Trinajstić information content (AvgIpc) is 2.88. The van der Waals surface area contributed by atoms with Gasteiger partial charge in [-0.3, -0.25) is 9.48 Å². The Labute approximate surface area is 145 Å². The van der Waals surface area contributed by atoms with Crippen LogP contribution < -0.4 is 5.32 Å². The summed E-state index contributed by atoms with van der Waals surface area (Å²) >= 11 is 0. The van der Waals surface area contributed by atoms with Crippen LogP contribution in [0.3, 0.4) is 0 Å². The first kappa shape index (κ1) is 15.3. The molecule has 2 heterocycles. The standard InChI is InChI=1S/C20H18N4O/c1-13-18-11-17(12-21-20(18)24(2)23-13)22-19(25)10-14-7-8-15-5-3-4-6-16(15)9-14/h3-9,11-12H,10H2,1-2H3,(H,22,25). The van der Waals surface area contributed by atoms with Gasteiger partial charge < -0.3 is 5.32 Å². The van der Waals surface area contributed by atoms with E-state index in [4.69, 9.17) is 0 Å². The fraction of sp³-hybridized carbons (Fsp3) is 0.150. The number of anilines is 1. The lowest BCUT2D eigenvalue weighted by molar-refractivity contribution is -0.115. The molecule has 0 fully saturated rings. The predicted octanol–water partition coefficient (Wildman–Crippen LogP) is 3.61. The lowest BCUT2D eigenvalue weighted by Gasteiger charge is -2.06. The summed E-state index contributed by atoms with van der Waals surface area (Å²) in [6.45, 7) is 1.94. The highest BCUT2D eigenvalue weighted by molar-refractivity contribution is 5.95. The Kier molecular flexibility index (Phi) is 3.69. The second kappa shape index (κ2) is 6.02. The van der Waals surface area contributed by atoms with Crippen molar-refractivity contribution in [2.24, 2.45) is 7.05 Å². The van der Waals surface area contributed by atoms with Crippen LogP contribution in [0.15, 0.2) is 54.7 Å². The van der Waals surface area contributed by atoms with Gasteiger partial charge in [-0.05, 0) is 29.3 Å². The fourth-order valence-corrected chi connectivity index (χ4v) is 3.12. The van der Waals surface area contributed by atoms with Crippen molar-refractivity contribution in [2.45, 2.75) is 13.3 Å². The molecular formula is C20H18N4O. The Balaban J connectivity index is 1.54. The van der Waals surface area contributed by atoms with Gasteiger partial charge in [-0.15, -0.1) is 0 Å². The molecule has 4 aromatic rings. The summed E-state index contributed by atoms with van der Waals surface area (Å²) in [5.74, 6) is -0.0574. The molecular weight excluding hydrogens is 312 g/mol. The Hall–Kier alpha value is -3.21. The monoisotopic (exact) mass is 330 g/mol. The van der Waals surface area contributed by atoms with Crippen molar-refractivity contribution in [1.29, 1.82) is 0 Å². The number of rotatable bonds is 3. The van der Waals surface area contributed by atoms with Gasteiger partial charge in [0.15, 0.2) is 5.65 Å². The molecule has 1 amide bonds. The van der Waals surface area contributed by atoms with Crippen LogP contribution in [0.1, 0.15) is 11.3 Å². The Morgan fingerprint density at radius 2 is 1.92 bits per heavy atom. The fourth-order valence-electron chi connectivity index (χ4n) is 3.12. The summed E-state index contributed by atoms with van der Waals surface area (Å²) in [5, 5.41) is 10.5. The number of carbonyl (C=O) groups is 1. The van der Waals surface area contributed by atoms with Gasteiger partial charge in [-0.2, -0.15) is 5.10 Å². The first-order valence-corrected chi connectivity index (χ1v) is 8.17. The number of nitrogens with one attached hydrogen (secondary N) is 1. The van der Waals surface area contributed by atoms with E-state index in [2.05, 4.69) is 33.6 Å². The van der Waals surface area contributed by atoms with Crippen LogP contribution in [0.5, 0.6) is 0 Å². The number of aryl methyl sites for hydroxylation is 2. The second-order valence-corrected chi connectivity index (χ2v) is 6.21. The van der Waals surface area contributed by atoms with Crippen LogP contribution in [-0.4, -0.2) is 20.7 Å². The summed E-state index contributed by atoms with van der Waals surface area (Å²) in [7, 11) is 1.86. The van der Waals surface area contributed by atoms with E-state index in [1.54, 1.807) is 10.9 Å². The molecule has 2 aromatic heterocycles. The summed E-state index contributed by atoms with van der Waals surface area (Å²) in [6, 6.07) is 16.2. The number of aromatic nitrogens is 3.